The Labute approximate surface area is 107 Å². The SMILES string of the molecule is CC1CN(c2cccc(OCC#N)c2)S(=O)(=O)C1. The highest BCUT2D eigenvalue weighted by molar-refractivity contribution is 7.93. The van der Waals surface area contributed by atoms with Crippen molar-refractivity contribution in [3.63, 3.8) is 0 Å². The second kappa shape index (κ2) is 4.86. The van der Waals surface area contributed by atoms with Crippen LogP contribution in [0.25, 0.3) is 0 Å². The summed E-state index contributed by atoms with van der Waals surface area (Å²) in [5.74, 6) is 0.804. The quantitative estimate of drug-likeness (QED) is 0.828. The van der Waals surface area contributed by atoms with Gasteiger partial charge in [-0.15, -0.1) is 0 Å². The van der Waals surface area contributed by atoms with Gasteiger partial charge in [0.2, 0.25) is 10.0 Å². The number of nitriles is 1. The average Bonchev–Trinajstić information content (AvgIpc) is 2.60. The zero-order valence-corrected chi connectivity index (χ0v) is 10.9. The van der Waals surface area contributed by atoms with E-state index in [1.807, 2.05) is 13.0 Å². The van der Waals surface area contributed by atoms with Crippen molar-refractivity contribution in [2.24, 2.45) is 5.92 Å². The maximum Gasteiger partial charge on any atom is 0.235 e. The van der Waals surface area contributed by atoms with Gasteiger partial charge in [-0.2, -0.15) is 5.26 Å². The van der Waals surface area contributed by atoms with Crippen LogP contribution in [-0.4, -0.2) is 27.3 Å². The Hall–Kier alpha value is -1.74. The van der Waals surface area contributed by atoms with E-state index >= 15 is 0 Å². The Balaban J connectivity index is 2.26. The molecule has 1 atom stereocenters. The summed E-state index contributed by atoms with van der Waals surface area (Å²) in [6.45, 7) is 2.35. The third kappa shape index (κ3) is 2.57. The van der Waals surface area contributed by atoms with Gasteiger partial charge in [-0.25, -0.2) is 8.42 Å². The summed E-state index contributed by atoms with van der Waals surface area (Å²) in [5.41, 5.74) is 0.592. The minimum Gasteiger partial charge on any atom is -0.479 e. The van der Waals surface area contributed by atoms with Crippen LogP contribution in [0.2, 0.25) is 0 Å². The molecule has 96 valence electrons. The normalized spacial score (nSPS) is 21.6. The minimum atomic E-state index is -3.21. The van der Waals surface area contributed by atoms with Gasteiger partial charge in [0.15, 0.2) is 6.61 Å². The van der Waals surface area contributed by atoms with Gasteiger partial charge in [0.05, 0.1) is 11.4 Å². The molecule has 0 radical (unpaired) electrons. The Morgan fingerprint density at radius 3 is 2.94 bits per heavy atom. The Kier molecular flexibility index (Phi) is 3.43. The van der Waals surface area contributed by atoms with Crippen molar-refractivity contribution in [2.45, 2.75) is 6.92 Å². The van der Waals surface area contributed by atoms with Crippen LogP contribution in [0.1, 0.15) is 6.92 Å². The van der Waals surface area contributed by atoms with Gasteiger partial charge in [0.25, 0.3) is 0 Å². The summed E-state index contributed by atoms with van der Waals surface area (Å²) in [6.07, 6.45) is 0. The van der Waals surface area contributed by atoms with Gasteiger partial charge < -0.3 is 4.74 Å². The first kappa shape index (κ1) is 12.7. The molecule has 0 saturated carbocycles. The molecule has 1 heterocycles. The second-order valence-corrected chi connectivity index (χ2v) is 6.30. The van der Waals surface area contributed by atoms with Gasteiger partial charge in [0, 0.05) is 12.6 Å². The van der Waals surface area contributed by atoms with Gasteiger partial charge in [0.1, 0.15) is 11.8 Å². The summed E-state index contributed by atoms with van der Waals surface area (Å²) in [7, 11) is -3.21. The number of nitrogens with zero attached hydrogens (tertiary/aromatic N) is 2. The van der Waals surface area contributed by atoms with Crippen LogP contribution in [0, 0.1) is 17.2 Å². The zero-order chi connectivity index (χ0) is 13.2. The molecule has 6 heteroatoms. The summed E-state index contributed by atoms with van der Waals surface area (Å²) in [5, 5.41) is 8.44. The van der Waals surface area contributed by atoms with E-state index < -0.39 is 10.0 Å². The largest absolute Gasteiger partial charge is 0.479 e. The minimum absolute atomic E-state index is 0.0490. The molecule has 1 saturated heterocycles. The highest BCUT2D eigenvalue weighted by Gasteiger charge is 2.33. The molecular formula is C12H14N2O3S. The molecule has 1 aromatic carbocycles. The number of ether oxygens (including phenoxy) is 1. The molecule has 1 aliphatic heterocycles. The smallest absolute Gasteiger partial charge is 0.235 e. The van der Waals surface area contributed by atoms with E-state index in [9.17, 15) is 8.42 Å². The van der Waals surface area contributed by atoms with E-state index in [-0.39, 0.29) is 18.3 Å². The first-order valence-corrected chi connectivity index (χ1v) is 7.24. The topological polar surface area (TPSA) is 70.4 Å². The monoisotopic (exact) mass is 266 g/mol. The maximum atomic E-state index is 11.9. The lowest BCUT2D eigenvalue weighted by Gasteiger charge is -2.17. The van der Waals surface area contributed by atoms with Crippen molar-refractivity contribution in [1.82, 2.24) is 0 Å². The summed E-state index contributed by atoms with van der Waals surface area (Å²) in [6, 6.07) is 8.68. The van der Waals surface area contributed by atoms with E-state index in [2.05, 4.69) is 0 Å². The molecule has 0 aliphatic carbocycles. The zero-order valence-electron chi connectivity index (χ0n) is 10.0. The third-order valence-electron chi connectivity index (χ3n) is 2.72. The van der Waals surface area contributed by atoms with Gasteiger partial charge >= 0.3 is 0 Å². The fourth-order valence-electron chi connectivity index (χ4n) is 2.01. The first-order chi connectivity index (χ1) is 8.53. The molecular weight excluding hydrogens is 252 g/mol. The molecule has 5 nitrogen and oxygen atoms in total. The number of rotatable bonds is 3. The molecule has 2 rings (SSSR count). The summed E-state index contributed by atoms with van der Waals surface area (Å²) < 4.78 is 30.4. The molecule has 1 unspecified atom stereocenters. The van der Waals surface area contributed by atoms with Gasteiger partial charge in [-0.3, -0.25) is 4.31 Å². The van der Waals surface area contributed by atoms with Crippen LogP contribution < -0.4 is 9.04 Å². The fraction of sp³-hybridized carbons (Fsp3) is 0.417. The van der Waals surface area contributed by atoms with Crippen molar-refractivity contribution in [3.8, 4) is 11.8 Å². The van der Waals surface area contributed by atoms with Crippen LogP contribution in [0.3, 0.4) is 0 Å². The lowest BCUT2D eigenvalue weighted by Crippen LogP contribution is -2.25. The van der Waals surface area contributed by atoms with Crippen molar-refractivity contribution >= 4 is 15.7 Å². The van der Waals surface area contributed by atoms with Crippen molar-refractivity contribution in [1.29, 1.82) is 5.26 Å². The average molecular weight is 266 g/mol. The van der Waals surface area contributed by atoms with Crippen molar-refractivity contribution in [3.05, 3.63) is 24.3 Å². The van der Waals surface area contributed by atoms with E-state index in [1.54, 1.807) is 24.3 Å². The Morgan fingerprint density at radius 1 is 1.56 bits per heavy atom. The van der Waals surface area contributed by atoms with Crippen molar-refractivity contribution < 1.29 is 13.2 Å². The standard InChI is InChI=1S/C12H14N2O3S/c1-10-8-14(18(15,16)9-10)11-3-2-4-12(7-11)17-6-5-13/h2-4,7,10H,6,8-9H2,1H3. The molecule has 1 aliphatic rings. The molecule has 18 heavy (non-hydrogen) atoms. The van der Waals surface area contributed by atoms with Gasteiger partial charge in [-0.05, 0) is 18.1 Å². The molecule has 1 aromatic rings. The lowest BCUT2D eigenvalue weighted by molar-refractivity contribution is 0.368. The molecule has 0 N–H and O–H groups in total. The fourth-order valence-corrected chi connectivity index (χ4v) is 3.93. The molecule has 0 bridgehead atoms. The van der Waals surface area contributed by atoms with Gasteiger partial charge in [-0.1, -0.05) is 13.0 Å². The van der Waals surface area contributed by atoms with Crippen LogP contribution in [0.15, 0.2) is 24.3 Å². The number of sulfonamides is 1. The van der Waals surface area contributed by atoms with Crippen LogP contribution in [0.4, 0.5) is 5.69 Å². The Morgan fingerprint density at radius 2 is 2.33 bits per heavy atom. The number of anilines is 1. The predicted molar refractivity (Wildman–Crippen MR) is 67.8 cm³/mol. The number of benzene rings is 1. The highest BCUT2D eigenvalue weighted by Crippen LogP contribution is 2.29. The number of hydrogen-bond acceptors (Lipinski definition) is 4. The van der Waals surface area contributed by atoms with Crippen LogP contribution >= 0.6 is 0 Å². The summed E-state index contributed by atoms with van der Waals surface area (Å²) in [4.78, 5) is 0. The van der Waals surface area contributed by atoms with E-state index in [1.165, 1.54) is 4.31 Å². The molecule has 0 aromatic heterocycles. The Bertz CT molecular complexity index is 577. The van der Waals surface area contributed by atoms with E-state index in [4.69, 9.17) is 10.00 Å². The lowest BCUT2D eigenvalue weighted by atomic mass is 10.2. The maximum absolute atomic E-state index is 11.9. The second-order valence-electron chi connectivity index (χ2n) is 4.36. The van der Waals surface area contributed by atoms with E-state index in [0.29, 0.717) is 18.0 Å². The molecule has 0 spiro atoms. The predicted octanol–water partition coefficient (Wildman–Crippen LogP) is 1.37. The van der Waals surface area contributed by atoms with Crippen LogP contribution in [0.5, 0.6) is 5.75 Å². The summed E-state index contributed by atoms with van der Waals surface area (Å²) >= 11 is 0. The van der Waals surface area contributed by atoms with Crippen molar-refractivity contribution in [2.75, 3.05) is 23.2 Å². The van der Waals surface area contributed by atoms with Crippen LogP contribution in [-0.2, 0) is 10.0 Å². The molecule has 1 fully saturated rings. The molecule has 0 amide bonds. The number of hydrogen-bond donors (Lipinski definition) is 0. The third-order valence-corrected chi connectivity index (χ3v) is 4.74. The van der Waals surface area contributed by atoms with E-state index in [0.717, 1.165) is 0 Å². The first-order valence-electron chi connectivity index (χ1n) is 5.63. The highest BCUT2D eigenvalue weighted by atomic mass is 32.2.